The summed E-state index contributed by atoms with van der Waals surface area (Å²) in [4.78, 5) is 22.3. The molecule has 1 aromatic rings. The van der Waals surface area contributed by atoms with Gasteiger partial charge in [0.15, 0.2) is 6.29 Å². The summed E-state index contributed by atoms with van der Waals surface area (Å²) < 4.78 is 18.4. The zero-order valence-electron chi connectivity index (χ0n) is 12.7. The Bertz CT molecular complexity index is 541. The highest BCUT2D eigenvalue weighted by Gasteiger charge is 2.24. The van der Waals surface area contributed by atoms with Gasteiger partial charge in [0.2, 0.25) is 0 Å². The van der Waals surface area contributed by atoms with E-state index in [1.165, 1.54) is 12.1 Å². The molecule has 6 nitrogen and oxygen atoms in total. The van der Waals surface area contributed by atoms with Crippen molar-refractivity contribution in [2.45, 2.75) is 38.6 Å². The number of rotatable bonds is 5. The lowest BCUT2D eigenvalue weighted by Crippen LogP contribution is -2.39. The fraction of sp³-hybridized carbons (Fsp3) is 0.467. The molecule has 122 valence electrons. The number of halogens is 1. The van der Waals surface area contributed by atoms with Gasteiger partial charge in [0.25, 0.3) is 0 Å². The number of carbonyl (C=O) groups is 2. The molecule has 2 atom stereocenters. The fourth-order valence-corrected chi connectivity index (χ4v) is 1.76. The first-order valence-corrected chi connectivity index (χ1v) is 6.72. The van der Waals surface area contributed by atoms with Crippen LogP contribution in [0.1, 0.15) is 42.8 Å². The predicted molar refractivity (Wildman–Crippen MR) is 77.0 cm³/mol. The molecule has 7 heteroatoms. The van der Waals surface area contributed by atoms with E-state index in [1.54, 1.807) is 20.8 Å². The molecule has 0 saturated heterocycles. The van der Waals surface area contributed by atoms with E-state index in [0.29, 0.717) is 0 Å². The Hall–Kier alpha value is -1.99. The third kappa shape index (κ3) is 5.09. The molecule has 1 amide bonds. The van der Waals surface area contributed by atoms with Crippen molar-refractivity contribution in [2.24, 2.45) is 0 Å². The molecule has 1 aromatic carbocycles. The first-order chi connectivity index (χ1) is 10.2. The van der Waals surface area contributed by atoms with Gasteiger partial charge in [0.05, 0.1) is 5.56 Å². The molecule has 0 bridgehead atoms. The average Bonchev–Trinajstić information content (AvgIpc) is 2.41. The summed E-state index contributed by atoms with van der Waals surface area (Å²) in [5.74, 6) is -0.793. The second-order valence-corrected chi connectivity index (χ2v) is 5.76. The van der Waals surface area contributed by atoms with Crippen molar-refractivity contribution in [3.8, 4) is 0 Å². The highest BCUT2D eigenvalue weighted by Crippen LogP contribution is 2.22. The molecule has 0 fully saturated rings. The van der Waals surface area contributed by atoms with Crippen LogP contribution in [0.25, 0.3) is 0 Å². The molecule has 0 heterocycles. The van der Waals surface area contributed by atoms with Crippen molar-refractivity contribution in [1.82, 2.24) is 5.32 Å². The molecule has 0 aromatic heterocycles. The quantitative estimate of drug-likeness (QED) is 0.717. The molecule has 0 radical (unpaired) electrons. The van der Waals surface area contributed by atoms with E-state index in [4.69, 9.17) is 4.74 Å². The van der Waals surface area contributed by atoms with Crippen LogP contribution in [0, 0.1) is 5.82 Å². The Kier molecular flexibility index (Phi) is 6.01. The second-order valence-electron chi connectivity index (χ2n) is 5.76. The van der Waals surface area contributed by atoms with Crippen molar-refractivity contribution in [2.75, 3.05) is 6.54 Å². The van der Waals surface area contributed by atoms with E-state index < -0.39 is 29.7 Å². The number of amides is 1. The van der Waals surface area contributed by atoms with E-state index in [2.05, 4.69) is 5.32 Å². The van der Waals surface area contributed by atoms with Crippen molar-refractivity contribution in [3.05, 3.63) is 35.1 Å². The van der Waals surface area contributed by atoms with Crippen molar-refractivity contribution < 1.29 is 28.9 Å². The number of carbonyl (C=O) groups excluding carboxylic acids is 2. The zero-order valence-corrected chi connectivity index (χ0v) is 12.7. The summed E-state index contributed by atoms with van der Waals surface area (Å²) in [5, 5.41) is 22.2. The standard InChI is InChI=1S/C15H20FNO5/c1-15(2,3)22-14(21)17-7-12(19)13(20)9-5-4-6-11(16)10(9)8-18/h4-6,8,12-13,19-20H,7H2,1-3H3,(H,17,21). The second kappa shape index (κ2) is 7.33. The highest BCUT2D eigenvalue weighted by atomic mass is 19.1. The maximum absolute atomic E-state index is 13.5. The van der Waals surface area contributed by atoms with Crippen LogP contribution in [0.3, 0.4) is 0 Å². The Morgan fingerprint density at radius 3 is 2.59 bits per heavy atom. The molecule has 0 saturated carbocycles. The summed E-state index contributed by atoms with van der Waals surface area (Å²) in [6, 6.07) is 3.72. The summed E-state index contributed by atoms with van der Waals surface area (Å²) in [5.41, 5.74) is -1.07. The Labute approximate surface area is 127 Å². The van der Waals surface area contributed by atoms with Gasteiger partial charge in [-0.3, -0.25) is 4.79 Å². The lowest BCUT2D eigenvalue weighted by molar-refractivity contribution is 0.0125. The molecule has 1 rings (SSSR count). The third-order valence-corrected chi connectivity index (χ3v) is 2.74. The van der Waals surface area contributed by atoms with Gasteiger partial charge in [-0.15, -0.1) is 0 Å². The largest absolute Gasteiger partial charge is 0.444 e. The van der Waals surface area contributed by atoms with Gasteiger partial charge in [-0.1, -0.05) is 12.1 Å². The topological polar surface area (TPSA) is 95.9 Å². The molecule has 0 spiro atoms. The molecule has 0 aliphatic heterocycles. The maximum Gasteiger partial charge on any atom is 0.407 e. The zero-order chi connectivity index (χ0) is 16.9. The minimum Gasteiger partial charge on any atom is -0.444 e. The number of nitrogens with one attached hydrogen (secondary N) is 1. The van der Waals surface area contributed by atoms with Crippen molar-refractivity contribution in [1.29, 1.82) is 0 Å². The molecule has 22 heavy (non-hydrogen) atoms. The smallest absolute Gasteiger partial charge is 0.407 e. The maximum atomic E-state index is 13.5. The van der Waals surface area contributed by atoms with Crippen LogP contribution in [0.5, 0.6) is 0 Å². The monoisotopic (exact) mass is 313 g/mol. The highest BCUT2D eigenvalue weighted by molar-refractivity contribution is 5.78. The van der Waals surface area contributed by atoms with Crippen LogP contribution in [-0.4, -0.2) is 40.8 Å². The lowest BCUT2D eigenvalue weighted by Gasteiger charge is -2.22. The van der Waals surface area contributed by atoms with Crippen LogP contribution in [-0.2, 0) is 4.74 Å². The van der Waals surface area contributed by atoms with E-state index in [0.717, 1.165) is 6.07 Å². The van der Waals surface area contributed by atoms with Gasteiger partial charge in [-0.25, -0.2) is 9.18 Å². The van der Waals surface area contributed by atoms with E-state index in [9.17, 15) is 24.2 Å². The third-order valence-electron chi connectivity index (χ3n) is 2.74. The summed E-state index contributed by atoms with van der Waals surface area (Å²) in [7, 11) is 0. The molecule has 3 N–H and O–H groups in total. The van der Waals surface area contributed by atoms with E-state index >= 15 is 0 Å². The van der Waals surface area contributed by atoms with Gasteiger partial charge in [-0.2, -0.15) is 0 Å². The summed E-state index contributed by atoms with van der Waals surface area (Å²) >= 11 is 0. The van der Waals surface area contributed by atoms with Gasteiger partial charge < -0.3 is 20.3 Å². The van der Waals surface area contributed by atoms with Crippen LogP contribution in [0.2, 0.25) is 0 Å². The minimum absolute atomic E-state index is 0.0477. The van der Waals surface area contributed by atoms with Gasteiger partial charge in [-0.05, 0) is 32.4 Å². The number of aldehydes is 1. The molecule has 2 unspecified atom stereocenters. The molecular weight excluding hydrogens is 293 g/mol. The lowest BCUT2D eigenvalue weighted by atomic mass is 9.99. The van der Waals surface area contributed by atoms with Crippen molar-refractivity contribution >= 4 is 12.4 Å². The first-order valence-electron chi connectivity index (χ1n) is 6.72. The number of aliphatic hydroxyl groups excluding tert-OH is 2. The number of hydrogen-bond acceptors (Lipinski definition) is 5. The Balaban J connectivity index is 2.70. The Morgan fingerprint density at radius 2 is 2.05 bits per heavy atom. The van der Waals surface area contributed by atoms with Crippen LogP contribution < -0.4 is 5.32 Å². The number of aliphatic hydroxyl groups is 2. The summed E-state index contributed by atoms with van der Waals surface area (Å²) in [6.45, 7) is 4.73. The number of alkyl carbamates (subject to hydrolysis) is 1. The van der Waals surface area contributed by atoms with Gasteiger partial charge in [0, 0.05) is 6.54 Å². The predicted octanol–water partition coefficient (Wildman–Crippen LogP) is 1.56. The minimum atomic E-state index is -1.52. The first kappa shape index (κ1) is 18.1. The van der Waals surface area contributed by atoms with Crippen molar-refractivity contribution in [3.63, 3.8) is 0 Å². The van der Waals surface area contributed by atoms with E-state index in [1.807, 2.05) is 0 Å². The number of benzene rings is 1. The molecular formula is C15H20FNO5. The fourth-order valence-electron chi connectivity index (χ4n) is 1.76. The SMILES string of the molecule is CC(C)(C)OC(=O)NCC(O)C(O)c1cccc(F)c1C=O. The van der Waals surface area contributed by atoms with Gasteiger partial charge in [0.1, 0.15) is 23.6 Å². The molecule has 0 aliphatic rings. The molecule has 0 aliphatic carbocycles. The number of ether oxygens (including phenoxy) is 1. The van der Waals surface area contributed by atoms with Gasteiger partial charge >= 0.3 is 6.09 Å². The normalized spacial score (nSPS) is 14.1. The summed E-state index contributed by atoms with van der Waals surface area (Å²) in [6.07, 6.45) is -3.44. The van der Waals surface area contributed by atoms with E-state index in [-0.39, 0.29) is 24.0 Å². The van der Waals surface area contributed by atoms with Crippen LogP contribution in [0.15, 0.2) is 18.2 Å². The van der Waals surface area contributed by atoms with Crippen LogP contribution >= 0.6 is 0 Å². The Morgan fingerprint density at radius 1 is 1.41 bits per heavy atom. The van der Waals surface area contributed by atoms with Crippen LogP contribution in [0.4, 0.5) is 9.18 Å². The number of hydrogen-bond donors (Lipinski definition) is 3. The average molecular weight is 313 g/mol.